The van der Waals surface area contributed by atoms with E-state index in [-0.39, 0.29) is 23.6 Å². The van der Waals surface area contributed by atoms with Crippen molar-refractivity contribution in [2.45, 2.75) is 13.3 Å². The number of rotatable bonds is 5. The number of hydrogen-bond donors (Lipinski definition) is 3. The monoisotopic (exact) mass is 345 g/mol. The van der Waals surface area contributed by atoms with Crippen LogP contribution in [-0.2, 0) is 4.79 Å². The predicted octanol–water partition coefficient (Wildman–Crippen LogP) is 3.18. The van der Waals surface area contributed by atoms with Crippen molar-refractivity contribution in [3.63, 3.8) is 0 Å². The van der Waals surface area contributed by atoms with Gasteiger partial charge in [0.2, 0.25) is 5.91 Å². The Hall–Kier alpha value is -2.86. The molecular weight excluding hydrogens is 330 g/mol. The zero-order chi connectivity index (χ0) is 17.5. The lowest BCUT2D eigenvalue weighted by molar-refractivity contribution is -0.115. The molecule has 2 aromatic carbocycles. The van der Waals surface area contributed by atoms with Crippen LogP contribution >= 0.6 is 11.6 Å². The van der Waals surface area contributed by atoms with E-state index >= 15 is 0 Å². The molecule has 6 nitrogen and oxygen atoms in total. The molecule has 0 heterocycles. The van der Waals surface area contributed by atoms with Crippen LogP contribution in [0, 0.1) is 0 Å². The van der Waals surface area contributed by atoms with E-state index in [1.54, 1.807) is 43.3 Å². The molecule has 0 saturated heterocycles. The number of nitrogens with zero attached hydrogens (tertiary/aromatic N) is 1. The average Bonchev–Trinajstić information content (AvgIpc) is 2.53. The van der Waals surface area contributed by atoms with E-state index in [4.69, 9.17) is 11.6 Å². The summed E-state index contributed by atoms with van der Waals surface area (Å²) in [7, 11) is 0. The molecule has 0 aliphatic heterocycles. The fourth-order valence-corrected chi connectivity index (χ4v) is 2.11. The second kappa shape index (κ2) is 8.12. The molecule has 2 amide bonds. The van der Waals surface area contributed by atoms with Gasteiger partial charge in [-0.05, 0) is 37.3 Å². The number of para-hydroxylation sites is 1. The predicted molar refractivity (Wildman–Crippen MR) is 93.4 cm³/mol. The van der Waals surface area contributed by atoms with Crippen LogP contribution in [0.4, 0.5) is 5.69 Å². The van der Waals surface area contributed by atoms with E-state index in [1.807, 2.05) is 0 Å². The Morgan fingerprint density at radius 3 is 2.62 bits per heavy atom. The number of anilines is 1. The minimum absolute atomic E-state index is 0.00751. The van der Waals surface area contributed by atoms with Gasteiger partial charge in [-0.1, -0.05) is 29.8 Å². The van der Waals surface area contributed by atoms with Crippen LogP contribution in [0.3, 0.4) is 0 Å². The number of aromatic hydroxyl groups is 1. The van der Waals surface area contributed by atoms with Crippen LogP contribution in [0.1, 0.15) is 23.7 Å². The van der Waals surface area contributed by atoms with Crippen molar-refractivity contribution >= 4 is 34.8 Å². The highest BCUT2D eigenvalue weighted by atomic mass is 35.5. The van der Waals surface area contributed by atoms with Crippen LogP contribution in [0.25, 0.3) is 0 Å². The maximum absolute atomic E-state index is 11.9. The third-order valence-corrected chi connectivity index (χ3v) is 3.26. The Morgan fingerprint density at radius 1 is 1.17 bits per heavy atom. The maximum atomic E-state index is 11.9. The first-order chi connectivity index (χ1) is 11.5. The van der Waals surface area contributed by atoms with Crippen molar-refractivity contribution in [2.24, 2.45) is 5.10 Å². The average molecular weight is 346 g/mol. The zero-order valence-electron chi connectivity index (χ0n) is 12.9. The Labute approximate surface area is 144 Å². The summed E-state index contributed by atoms with van der Waals surface area (Å²) in [5, 5.41) is 16.7. The first kappa shape index (κ1) is 17.5. The number of amides is 2. The molecule has 124 valence electrons. The molecule has 0 atom stereocenters. The number of carbonyl (C=O) groups excluding carboxylic acids is 2. The van der Waals surface area contributed by atoms with Gasteiger partial charge in [0.1, 0.15) is 5.75 Å². The quantitative estimate of drug-likeness (QED) is 0.574. The number of nitrogens with one attached hydrogen (secondary N) is 2. The van der Waals surface area contributed by atoms with Gasteiger partial charge in [-0.3, -0.25) is 9.59 Å². The van der Waals surface area contributed by atoms with Crippen molar-refractivity contribution in [1.29, 1.82) is 0 Å². The van der Waals surface area contributed by atoms with E-state index < -0.39 is 5.91 Å². The minimum Gasteiger partial charge on any atom is -0.507 e. The van der Waals surface area contributed by atoms with Crippen LogP contribution in [0.15, 0.2) is 53.6 Å². The molecule has 0 aromatic heterocycles. The second-order valence-corrected chi connectivity index (χ2v) is 5.48. The van der Waals surface area contributed by atoms with Gasteiger partial charge >= 0.3 is 0 Å². The lowest BCUT2D eigenvalue weighted by Crippen LogP contribution is -2.21. The van der Waals surface area contributed by atoms with E-state index in [2.05, 4.69) is 15.8 Å². The van der Waals surface area contributed by atoms with Crippen LogP contribution < -0.4 is 10.7 Å². The molecule has 7 heteroatoms. The molecular formula is C17H16ClN3O3. The number of halogens is 1. The molecule has 24 heavy (non-hydrogen) atoms. The Morgan fingerprint density at radius 2 is 1.92 bits per heavy atom. The van der Waals surface area contributed by atoms with Gasteiger partial charge in [0.25, 0.3) is 5.91 Å². The summed E-state index contributed by atoms with van der Waals surface area (Å²) >= 11 is 5.85. The molecule has 0 spiro atoms. The van der Waals surface area contributed by atoms with Crippen molar-refractivity contribution < 1.29 is 14.7 Å². The number of benzene rings is 2. The summed E-state index contributed by atoms with van der Waals surface area (Å²) in [6.45, 7) is 1.61. The number of hydrogen-bond acceptors (Lipinski definition) is 4. The topological polar surface area (TPSA) is 90.8 Å². The van der Waals surface area contributed by atoms with Crippen molar-refractivity contribution in [3.05, 3.63) is 59.1 Å². The van der Waals surface area contributed by atoms with Gasteiger partial charge in [-0.15, -0.1) is 0 Å². The molecule has 3 N–H and O–H groups in total. The molecule has 2 aromatic rings. The largest absolute Gasteiger partial charge is 0.507 e. The third kappa shape index (κ3) is 5.10. The molecule has 0 unspecified atom stereocenters. The number of phenolic OH excluding ortho intramolecular Hbond substituents is 1. The molecule has 0 fully saturated rings. The van der Waals surface area contributed by atoms with Gasteiger partial charge in [-0.25, -0.2) is 5.43 Å². The minimum atomic E-state index is -0.553. The standard InChI is InChI=1S/C17H16ClN3O3/c1-11(9-16(23)19-13-6-4-5-12(18)10-13)20-21-17(24)14-7-2-3-8-15(14)22/h2-8,10,22H,9H2,1H3,(H,19,23)(H,21,24). The highest BCUT2D eigenvalue weighted by molar-refractivity contribution is 6.30. The molecule has 0 bridgehead atoms. The smallest absolute Gasteiger partial charge is 0.275 e. The van der Waals surface area contributed by atoms with Gasteiger partial charge < -0.3 is 10.4 Å². The highest BCUT2D eigenvalue weighted by Gasteiger charge is 2.10. The number of hydrazone groups is 1. The third-order valence-electron chi connectivity index (χ3n) is 3.02. The van der Waals surface area contributed by atoms with Gasteiger partial charge in [0, 0.05) is 16.4 Å². The number of carbonyl (C=O) groups is 2. The van der Waals surface area contributed by atoms with E-state index in [0.29, 0.717) is 16.4 Å². The summed E-state index contributed by atoms with van der Waals surface area (Å²) in [6, 6.07) is 12.9. The molecule has 0 saturated carbocycles. The number of phenols is 1. The first-order valence-electron chi connectivity index (χ1n) is 7.12. The fraction of sp³-hybridized carbons (Fsp3) is 0.118. The van der Waals surface area contributed by atoms with E-state index in [9.17, 15) is 14.7 Å². The van der Waals surface area contributed by atoms with Crippen LogP contribution in [0.2, 0.25) is 5.02 Å². The molecule has 0 radical (unpaired) electrons. The van der Waals surface area contributed by atoms with E-state index in [0.717, 1.165) is 0 Å². The van der Waals surface area contributed by atoms with Crippen LogP contribution in [0.5, 0.6) is 5.75 Å². The lowest BCUT2D eigenvalue weighted by atomic mass is 10.2. The molecule has 0 aliphatic rings. The maximum Gasteiger partial charge on any atom is 0.275 e. The Bertz CT molecular complexity index is 790. The summed E-state index contributed by atoms with van der Waals surface area (Å²) < 4.78 is 0. The summed E-state index contributed by atoms with van der Waals surface area (Å²) in [6.07, 6.45) is 0.00751. The van der Waals surface area contributed by atoms with Crippen molar-refractivity contribution in [1.82, 2.24) is 5.43 Å². The van der Waals surface area contributed by atoms with E-state index in [1.165, 1.54) is 12.1 Å². The summed E-state index contributed by atoms with van der Waals surface area (Å²) in [4.78, 5) is 23.8. The summed E-state index contributed by atoms with van der Waals surface area (Å²) in [5.41, 5.74) is 3.41. The lowest BCUT2D eigenvalue weighted by Gasteiger charge is -2.06. The molecule has 2 rings (SSSR count). The zero-order valence-corrected chi connectivity index (χ0v) is 13.7. The second-order valence-electron chi connectivity index (χ2n) is 5.04. The SMILES string of the molecule is CC(CC(=O)Nc1cccc(Cl)c1)=NNC(=O)c1ccccc1O. The van der Waals surface area contributed by atoms with Crippen molar-refractivity contribution in [3.8, 4) is 5.75 Å². The van der Waals surface area contributed by atoms with Crippen LogP contribution in [-0.4, -0.2) is 22.6 Å². The highest BCUT2D eigenvalue weighted by Crippen LogP contribution is 2.16. The van der Waals surface area contributed by atoms with Crippen molar-refractivity contribution in [2.75, 3.05) is 5.32 Å². The van der Waals surface area contributed by atoms with Gasteiger partial charge in [0.05, 0.1) is 12.0 Å². The normalized spacial score (nSPS) is 11.0. The Balaban J connectivity index is 1.90. The molecule has 0 aliphatic carbocycles. The van der Waals surface area contributed by atoms with Gasteiger partial charge in [-0.2, -0.15) is 5.10 Å². The summed E-state index contributed by atoms with van der Waals surface area (Å²) in [5.74, 6) is -0.973. The van der Waals surface area contributed by atoms with Gasteiger partial charge in [0.15, 0.2) is 0 Å². The fourth-order valence-electron chi connectivity index (χ4n) is 1.92. The Kier molecular flexibility index (Phi) is 5.92. The first-order valence-corrected chi connectivity index (χ1v) is 7.50.